The summed E-state index contributed by atoms with van der Waals surface area (Å²) in [5.74, 6) is -3.43. The van der Waals surface area contributed by atoms with E-state index in [0.717, 1.165) is 22.7 Å². The maximum Gasteiger partial charge on any atom is 0.312 e. The summed E-state index contributed by atoms with van der Waals surface area (Å²) in [6.07, 6.45) is -1.25. The Hall–Kier alpha value is -3.26. The van der Waals surface area contributed by atoms with Crippen molar-refractivity contribution >= 4 is 35.2 Å². The van der Waals surface area contributed by atoms with Crippen LogP contribution in [-0.4, -0.2) is 47.1 Å². The first-order valence-corrected chi connectivity index (χ1v) is 10.6. The van der Waals surface area contributed by atoms with Crippen molar-refractivity contribution < 1.29 is 28.3 Å². The zero-order valence-electron chi connectivity index (χ0n) is 17.3. The van der Waals surface area contributed by atoms with Crippen molar-refractivity contribution in [1.82, 2.24) is 10.4 Å². The molecule has 0 saturated carbocycles. The van der Waals surface area contributed by atoms with E-state index in [2.05, 4.69) is 5.43 Å². The summed E-state index contributed by atoms with van der Waals surface area (Å²) in [5.41, 5.74) is 3.86. The molecule has 0 aromatic heterocycles. The average Bonchev–Trinajstić information content (AvgIpc) is 3.14. The number of hydrogen-bond acceptors (Lipinski definition) is 5. The van der Waals surface area contributed by atoms with Crippen molar-refractivity contribution in [3.8, 4) is 0 Å². The number of hydrazine groups is 1. The highest BCUT2D eigenvalue weighted by Gasteiger charge is 2.38. The molecule has 0 unspecified atom stereocenters. The first kappa shape index (κ1) is 23.4. The quantitative estimate of drug-likeness (QED) is 0.371. The number of hydrogen-bond donors (Lipinski definition) is 1. The van der Waals surface area contributed by atoms with E-state index in [1.165, 1.54) is 12.1 Å². The van der Waals surface area contributed by atoms with Gasteiger partial charge in [0.25, 0.3) is 5.91 Å². The molecule has 2 amide bonds. The second-order valence-electron chi connectivity index (χ2n) is 7.44. The number of Topliss-reactive ketones (excluding diaryl/α,β-unsaturated/α-hetero) is 1. The summed E-state index contributed by atoms with van der Waals surface area (Å²) in [6.45, 7) is 1.70. The predicted molar refractivity (Wildman–Crippen MR) is 114 cm³/mol. The summed E-state index contributed by atoms with van der Waals surface area (Å²) in [4.78, 5) is 50.1. The lowest BCUT2D eigenvalue weighted by Gasteiger charge is -2.20. The van der Waals surface area contributed by atoms with Gasteiger partial charge in [0.15, 0.2) is 6.10 Å². The van der Waals surface area contributed by atoms with Gasteiger partial charge in [-0.25, -0.2) is 4.39 Å². The number of aryl methyl sites for hydroxylation is 1. The lowest BCUT2D eigenvalue weighted by atomic mass is 10.0. The first-order valence-electron chi connectivity index (χ1n) is 10.0. The molecule has 0 aliphatic carbocycles. The molecule has 0 radical (unpaired) electrons. The van der Waals surface area contributed by atoms with E-state index >= 15 is 0 Å². The van der Waals surface area contributed by atoms with Crippen LogP contribution in [0.3, 0.4) is 0 Å². The second kappa shape index (κ2) is 10.4. The molecule has 1 heterocycles. The summed E-state index contributed by atoms with van der Waals surface area (Å²) < 4.78 is 18.5. The van der Waals surface area contributed by atoms with Crippen molar-refractivity contribution in [1.29, 1.82) is 0 Å². The largest absolute Gasteiger partial charge is 0.454 e. The molecule has 9 heteroatoms. The Labute approximate surface area is 189 Å². The molecule has 0 bridgehead atoms. The summed E-state index contributed by atoms with van der Waals surface area (Å²) in [6, 6.07) is 11.8. The van der Waals surface area contributed by atoms with Gasteiger partial charge >= 0.3 is 5.97 Å². The smallest absolute Gasteiger partial charge is 0.312 e. The number of alkyl halides is 1. The number of nitrogens with one attached hydrogen (secondary N) is 1. The van der Waals surface area contributed by atoms with Crippen molar-refractivity contribution in [3.05, 3.63) is 71.0 Å². The Morgan fingerprint density at radius 3 is 2.53 bits per heavy atom. The first-order chi connectivity index (χ1) is 15.3. The molecule has 168 valence electrons. The number of amides is 2. The highest BCUT2D eigenvalue weighted by molar-refractivity contribution is 6.18. The van der Waals surface area contributed by atoms with E-state index in [1.807, 2.05) is 0 Å². The van der Waals surface area contributed by atoms with Crippen LogP contribution in [-0.2, 0) is 14.3 Å². The van der Waals surface area contributed by atoms with Crippen molar-refractivity contribution in [2.24, 2.45) is 5.92 Å². The van der Waals surface area contributed by atoms with E-state index in [9.17, 15) is 23.6 Å². The van der Waals surface area contributed by atoms with Crippen LogP contribution in [0.15, 0.2) is 48.5 Å². The number of esters is 1. The maximum atomic E-state index is 13.1. The number of benzene rings is 2. The van der Waals surface area contributed by atoms with Gasteiger partial charge in [-0.3, -0.25) is 29.6 Å². The molecule has 2 atom stereocenters. The summed E-state index contributed by atoms with van der Waals surface area (Å²) in [5, 5.41) is 1.08. The Balaban J connectivity index is 1.63. The molecule has 2 aromatic carbocycles. The van der Waals surface area contributed by atoms with E-state index < -0.39 is 41.4 Å². The third-order valence-corrected chi connectivity index (χ3v) is 5.35. The van der Waals surface area contributed by atoms with Gasteiger partial charge in [0.05, 0.1) is 12.5 Å². The van der Waals surface area contributed by atoms with Gasteiger partial charge in [-0.2, -0.15) is 0 Å². The van der Waals surface area contributed by atoms with Crippen molar-refractivity contribution in [2.45, 2.75) is 25.9 Å². The van der Waals surface area contributed by atoms with Crippen LogP contribution in [0, 0.1) is 18.7 Å². The van der Waals surface area contributed by atoms with E-state index in [1.54, 1.807) is 31.2 Å². The van der Waals surface area contributed by atoms with Crippen molar-refractivity contribution in [2.75, 3.05) is 12.4 Å². The average molecular weight is 461 g/mol. The van der Waals surface area contributed by atoms with Crippen LogP contribution in [0.1, 0.15) is 39.1 Å². The number of carbonyl (C=O) groups is 4. The van der Waals surface area contributed by atoms with Gasteiger partial charge in [-0.1, -0.05) is 18.2 Å². The standard InChI is InChI=1S/C23H22ClFN2O5/c1-14-4-2-3-5-18(14)22(30)26-27-13-16(12-20(27)28)23(31)32-19(10-11-24)21(29)15-6-8-17(25)9-7-15/h2-9,16,19H,10-13H2,1H3,(H,26,30)/t16-,19+/m0/s1. The van der Waals surface area contributed by atoms with Crippen LogP contribution < -0.4 is 5.43 Å². The SMILES string of the molecule is Cc1ccccc1C(=O)NN1C[C@@H](C(=O)O[C@H](CCCl)C(=O)c2ccc(F)cc2)CC1=O. The van der Waals surface area contributed by atoms with E-state index in [-0.39, 0.29) is 30.8 Å². The van der Waals surface area contributed by atoms with Crippen LogP contribution in [0.5, 0.6) is 0 Å². The Morgan fingerprint density at radius 1 is 1.19 bits per heavy atom. The number of halogens is 2. The van der Waals surface area contributed by atoms with Gasteiger partial charge in [0.2, 0.25) is 11.7 Å². The molecule has 2 aromatic rings. The van der Waals surface area contributed by atoms with E-state index in [4.69, 9.17) is 16.3 Å². The molecule has 0 spiro atoms. The Morgan fingerprint density at radius 2 is 1.88 bits per heavy atom. The molecular weight excluding hydrogens is 439 g/mol. The third-order valence-electron chi connectivity index (χ3n) is 5.14. The third kappa shape index (κ3) is 5.50. The number of carbonyl (C=O) groups excluding carboxylic acids is 4. The minimum atomic E-state index is -1.16. The van der Waals surface area contributed by atoms with Gasteiger partial charge < -0.3 is 4.74 Å². The molecule has 1 saturated heterocycles. The minimum Gasteiger partial charge on any atom is -0.454 e. The van der Waals surface area contributed by atoms with Crippen LogP contribution in [0.25, 0.3) is 0 Å². The summed E-state index contributed by atoms with van der Waals surface area (Å²) in [7, 11) is 0. The van der Waals surface area contributed by atoms with Gasteiger partial charge in [-0.15, -0.1) is 11.6 Å². The molecule has 1 aliphatic heterocycles. The highest BCUT2D eigenvalue weighted by Crippen LogP contribution is 2.21. The number of ether oxygens (including phenoxy) is 1. The fraction of sp³-hybridized carbons (Fsp3) is 0.304. The van der Waals surface area contributed by atoms with Crippen molar-refractivity contribution in [3.63, 3.8) is 0 Å². The molecule has 32 heavy (non-hydrogen) atoms. The van der Waals surface area contributed by atoms with Gasteiger partial charge in [0, 0.05) is 29.8 Å². The molecule has 3 rings (SSSR count). The van der Waals surface area contributed by atoms with Gasteiger partial charge in [0.1, 0.15) is 5.82 Å². The molecule has 1 N–H and O–H groups in total. The fourth-order valence-corrected chi connectivity index (χ4v) is 3.56. The fourth-order valence-electron chi connectivity index (χ4n) is 3.36. The molecular formula is C23H22ClFN2O5. The maximum absolute atomic E-state index is 13.1. The van der Waals surface area contributed by atoms with Crippen LogP contribution in [0.4, 0.5) is 4.39 Å². The zero-order valence-corrected chi connectivity index (χ0v) is 18.1. The highest BCUT2D eigenvalue weighted by atomic mass is 35.5. The predicted octanol–water partition coefficient (Wildman–Crippen LogP) is 3.05. The second-order valence-corrected chi connectivity index (χ2v) is 7.81. The molecule has 1 fully saturated rings. The number of ketones is 1. The Kier molecular flexibility index (Phi) is 7.58. The van der Waals surface area contributed by atoms with Gasteiger partial charge in [-0.05, 0) is 42.8 Å². The monoisotopic (exact) mass is 460 g/mol. The molecule has 7 nitrogen and oxygen atoms in total. The van der Waals surface area contributed by atoms with Crippen LogP contribution >= 0.6 is 11.6 Å². The van der Waals surface area contributed by atoms with E-state index in [0.29, 0.717) is 5.56 Å². The topological polar surface area (TPSA) is 92.8 Å². The zero-order chi connectivity index (χ0) is 23.3. The normalized spacial score (nSPS) is 16.5. The lowest BCUT2D eigenvalue weighted by Crippen LogP contribution is -2.44. The Bertz CT molecular complexity index is 1030. The number of rotatable bonds is 8. The minimum absolute atomic E-state index is 0.0626. The molecule has 1 aliphatic rings. The lowest BCUT2D eigenvalue weighted by molar-refractivity contribution is -0.151. The summed E-state index contributed by atoms with van der Waals surface area (Å²) >= 11 is 5.76. The van der Waals surface area contributed by atoms with Crippen LogP contribution in [0.2, 0.25) is 0 Å². The number of nitrogens with zero attached hydrogens (tertiary/aromatic N) is 1.